The molecule has 2 rings (SSSR count). The van der Waals surface area contributed by atoms with Crippen molar-refractivity contribution in [2.75, 3.05) is 5.32 Å². The summed E-state index contributed by atoms with van der Waals surface area (Å²) < 4.78 is 0. The molecular formula is C13H12Cl2N2O. The van der Waals surface area contributed by atoms with Crippen LogP contribution in [0, 0.1) is 29.6 Å². The van der Waals surface area contributed by atoms with Gasteiger partial charge >= 0.3 is 0 Å². The van der Waals surface area contributed by atoms with Gasteiger partial charge in [0.15, 0.2) is 0 Å². The molecule has 0 bridgehead atoms. The van der Waals surface area contributed by atoms with Crippen LogP contribution in [0.25, 0.3) is 0 Å². The van der Waals surface area contributed by atoms with E-state index in [1.54, 1.807) is 12.1 Å². The summed E-state index contributed by atoms with van der Waals surface area (Å²) in [6, 6.07) is 3.09. The highest BCUT2D eigenvalue weighted by Crippen LogP contribution is 2.58. The van der Waals surface area contributed by atoms with Crippen molar-refractivity contribution in [3.63, 3.8) is 0 Å². The maximum atomic E-state index is 12.1. The molecule has 2 atom stereocenters. The van der Waals surface area contributed by atoms with Crippen LogP contribution in [0.3, 0.4) is 0 Å². The predicted molar refractivity (Wildman–Crippen MR) is 72.5 cm³/mol. The van der Waals surface area contributed by atoms with E-state index in [1.165, 1.54) is 0 Å². The number of carbonyl (C=O) groups excluding carboxylic acids is 1. The number of halogens is 2. The van der Waals surface area contributed by atoms with E-state index in [4.69, 9.17) is 29.6 Å². The fourth-order valence-electron chi connectivity index (χ4n) is 2.20. The van der Waals surface area contributed by atoms with Gasteiger partial charge in [-0.2, -0.15) is 0 Å². The topological polar surface area (TPSA) is 42.0 Å². The van der Waals surface area contributed by atoms with Crippen LogP contribution in [0.15, 0.2) is 12.1 Å². The molecule has 5 heteroatoms. The van der Waals surface area contributed by atoms with E-state index in [0.717, 1.165) is 0 Å². The highest BCUT2D eigenvalue weighted by Gasteiger charge is 2.61. The Kier molecular flexibility index (Phi) is 3.27. The summed E-state index contributed by atoms with van der Waals surface area (Å²) in [5, 5.41) is 3.24. The maximum Gasteiger partial charge on any atom is 0.229 e. The minimum absolute atomic E-state index is 0.0229. The molecule has 1 aliphatic carbocycles. The lowest BCUT2D eigenvalue weighted by molar-refractivity contribution is -0.118. The summed E-state index contributed by atoms with van der Waals surface area (Å²) >= 11 is 11.5. The number of hydrogen-bond donors (Lipinski definition) is 1. The molecule has 0 unspecified atom stereocenters. The van der Waals surface area contributed by atoms with Gasteiger partial charge in [-0.3, -0.25) is 4.79 Å². The number of terminal acetylenes is 1. The highest BCUT2D eigenvalue weighted by molar-refractivity contribution is 6.33. The fourth-order valence-corrected chi connectivity index (χ4v) is 2.66. The van der Waals surface area contributed by atoms with E-state index in [2.05, 4.69) is 16.2 Å². The molecule has 1 aliphatic rings. The molecule has 1 heterocycles. The van der Waals surface area contributed by atoms with Crippen molar-refractivity contribution in [1.29, 1.82) is 0 Å². The minimum atomic E-state index is -0.173. The number of hydrogen-bond acceptors (Lipinski definition) is 2. The summed E-state index contributed by atoms with van der Waals surface area (Å²) in [7, 11) is 0. The molecule has 1 aromatic rings. The third kappa shape index (κ3) is 2.31. The second-order valence-electron chi connectivity index (χ2n) is 4.93. The van der Waals surface area contributed by atoms with Gasteiger partial charge in [0, 0.05) is 11.6 Å². The Morgan fingerprint density at radius 2 is 2.00 bits per heavy atom. The molecule has 0 radical (unpaired) electrons. The zero-order valence-corrected chi connectivity index (χ0v) is 11.5. The van der Waals surface area contributed by atoms with Crippen molar-refractivity contribution >= 4 is 34.8 Å². The van der Waals surface area contributed by atoms with Gasteiger partial charge in [0.25, 0.3) is 0 Å². The molecule has 1 amide bonds. The first-order valence-electron chi connectivity index (χ1n) is 5.46. The normalized spacial score (nSPS) is 24.2. The number of carbonyl (C=O) groups is 1. The zero-order valence-electron chi connectivity index (χ0n) is 10.00. The van der Waals surface area contributed by atoms with Crippen LogP contribution in [-0.2, 0) is 4.79 Å². The molecule has 1 aromatic heterocycles. The van der Waals surface area contributed by atoms with Gasteiger partial charge in [0.1, 0.15) is 10.3 Å². The first-order chi connectivity index (χ1) is 8.36. The van der Waals surface area contributed by atoms with Gasteiger partial charge in [0.2, 0.25) is 5.91 Å². The van der Waals surface area contributed by atoms with E-state index in [1.807, 2.05) is 13.8 Å². The average Bonchev–Trinajstić information content (AvgIpc) is 2.78. The van der Waals surface area contributed by atoms with Crippen LogP contribution in [0.5, 0.6) is 0 Å². The second kappa shape index (κ2) is 4.46. The van der Waals surface area contributed by atoms with Crippen LogP contribution < -0.4 is 5.32 Å². The molecule has 0 spiro atoms. The largest absolute Gasteiger partial charge is 0.326 e. The Bertz CT molecular complexity index is 528. The lowest BCUT2D eigenvalue weighted by Gasteiger charge is -2.06. The quantitative estimate of drug-likeness (QED) is 0.668. The first kappa shape index (κ1) is 13.2. The van der Waals surface area contributed by atoms with E-state index in [9.17, 15) is 4.79 Å². The smallest absolute Gasteiger partial charge is 0.229 e. The third-order valence-electron chi connectivity index (χ3n) is 3.32. The zero-order chi connectivity index (χ0) is 13.5. The number of aromatic nitrogens is 1. The fraction of sp³-hybridized carbons (Fsp3) is 0.385. The summed E-state index contributed by atoms with van der Waals surface area (Å²) in [5.74, 6) is 2.34. The van der Waals surface area contributed by atoms with Gasteiger partial charge in [0.05, 0.1) is 5.92 Å². The van der Waals surface area contributed by atoms with Gasteiger partial charge in [-0.1, -0.05) is 37.0 Å². The Labute approximate surface area is 116 Å². The van der Waals surface area contributed by atoms with Crippen molar-refractivity contribution in [1.82, 2.24) is 4.98 Å². The Morgan fingerprint density at radius 1 is 1.44 bits per heavy atom. The number of nitrogens with zero attached hydrogens (tertiary/aromatic N) is 1. The summed E-state index contributed by atoms with van der Waals surface area (Å²) in [4.78, 5) is 15.9. The SMILES string of the molecule is C#C[C@@H]1[C@@H](C(=O)Nc2cc(Cl)nc(Cl)c2)C1(C)C. The van der Waals surface area contributed by atoms with Crippen molar-refractivity contribution in [2.24, 2.45) is 17.3 Å². The van der Waals surface area contributed by atoms with Crippen molar-refractivity contribution in [3.05, 3.63) is 22.4 Å². The van der Waals surface area contributed by atoms with Gasteiger partial charge in [-0.25, -0.2) is 4.98 Å². The Balaban J connectivity index is 2.12. The van der Waals surface area contributed by atoms with E-state index >= 15 is 0 Å². The molecule has 1 fully saturated rings. The summed E-state index contributed by atoms with van der Waals surface area (Å²) in [5.41, 5.74) is 0.378. The monoisotopic (exact) mass is 282 g/mol. The number of anilines is 1. The summed E-state index contributed by atoms with van der Waals surface area (Å²) in [6.45, 7) is 3.96. The molecule has 3 nitrogen and oxygen atoms in total. The lowest BCUT2D eigenvalue weighted by Crippen LogP contribution is -2.17. The van der Waals surface area contributed by atoms with Crippen LogP contribution in [0.2, 0.25) is 10.3 Å². The molecule has 94 valence electrons. The number of amides is 1. The average molecular weight is 283 g/mol. The van der Waals surface area contributed by atoms with Crippen LogP contribution in [0.4, 0.5) is 5.69 Å². The summed E-state index contributed by atoms with van der Waals surface area (Å²) in [6.07, 6.45) is 5.40. The molecule has 0 aliphatic heterocycles. The van der Waals surface area contributed by atoms with E-state index < -0.39 is 0 Å². The standard InChI is InChI=1S/C13H12Cl2N2O/c1-4-8-11(13(8,2)3)12(18)16-7-5-9(14)17-10(15)6-7/h1,5-6,8,11H,2-3H3,(H,16,17,18)/t8-,11+/m1/s1. The molecule has 1 saturated carbocycles. The van der Waals surface area contributed by atoms with E-state index in [-0.39, 0.29) is 33.5 Å². The predicted octanol–water partition coefficient (Wildman–Crippen LogP) is 3.23. The highest BCUT2D eigenvalue weighted by atomic mass is 35.5. The molecule has 0 aromatic carbocycles. The van der Waals surface area contributed by atoms with Crippen LogP contribution in [0.1, 0.15) is 13.8 Å². The third-order valence-corrected chi connectivity index (χ3v) is 3.71. The van der Waals surface area contributed by atoms with Crippen LogP contribution in [-0.4, -0.2) is 10.9 Å². The number of rotatable bonds is 2. The molecular weight excluding hydrogens is 271 g/mol. The van der Waals surface area contributed by atoms with E-state index in [0.29, 0.717) is 5.69 Å². The number of pyridine rings is 1. The van der Waals surface area contributed by atoms with Crippen molar-refractivity contribution in [2.45, 2.75) is 13.8 Å². The Morgan fingerprint density at radius 3 is 2.44 bits per heavy atom. The van der Waals surface area contributed by atoms with Crippen LogP contribution >= 0.6 is 23.2 Å². The van der Waals surface area contributed by atoms with Gasteiger partial charge in [-0.15, -0.1) is 12.3 Å². The first-order valence-corrected chi connectivity index (χ1v) is 6.22. The number of nitrogens with one attached hydrogen (secondary N) is 1. The maximum absolute atomic E-state index is 12.1. The molecule has 0 saturated heterocycles. The minimum Gasteiger partial charge on any atom is -0.326 e. The second-order valence-corrected chi connectivity index (χ2v) is 5.71. The van der Waals surface area contributed by atoms with Crippen molar-refractivity contribution in [3.8, 4) is 12.3 Å². The van der Waals surface area contributed by atoms with Crippen molar-refractivity contribution < 1.29 is 4.79 Å². The van der Waals surface area contributed by atoms with Gasteiger partial charge in [-0.05, 0) is 17.5 Å². The Hall–Kier alpha value is -1.24. The molecule has 18 heavy (non-hydrogen) atoms. The van der Waals surface area contributed by atoms with Gasteiger partial charge < -0.3 is 5.32 Å². The lowest BCUT2D eigenvalue weighted by atomic mass is 10.1. The molecule has 1 N–H and O–H groups in total.